The first-order chi connectivity index (χ1) is 7.02. The van der Waals surface area contributed by atoms with Crippen LogP contribution in [0.25, 0.3) is 0 Å². The summed E-state index contributed by atoms with van der Waals surface area (Å²) in [4.78, 5) is 6.88. The molecule has 1 heterocycles. The minimum atomic E-state index is 0.533. The minimum absolute atomic E-state index is 0.533. The number of rotatable bonds is 4. The van der Waals surface area contributed by atoms with Crippen LogP contribution in [-0.2, 0) is 0 Å². The third-order valence-electron chi connectivity index (χ3n) is 2.12. The molecule has 3 nitrogen and oxygen atoms in total. The minimum Gasteiger partial charge on any atom is -0.393 e. The Labute approximate surface area is 104 Å². The zero-order chi connectivity index (χ0) is 11.4. The van der Waals surface area contributed by atoms with Crippen LogP contribution in [0.5, 0.6) is 0 Å². The summed E-state index contributed by atoms with van der Waals surface area (Å²) < 4.78 is 1.02. The van der Waals surface area contributed by atoms with E-state index < -0.39 is 0 Å². The summed E-state index contributed by atoms with van der Waals surface area (Å²) >= 11 is 8.36. The molecule has 0 spiro atoms. The summed E-state index contributed by atoms with van der Waals surface area (Å²) in [5.41, 5.74) is 6.63. The van der Waals surface area contributed by atoms with Crippen LogP contribution in [0.1, 0.15) is 12.0 Å². The normalized spacial score (nSPS) is 10.1. The van der Waals surface area contributed by atoms with Crippen molar-refractivity contribution >= 4 is 39.0 Å². The lowest BCUT2D eigenvalue weighted by Gasteiger charge is -2.19. The van der Waals surface area contributed by atoms with Crippen molar-refractivity contribution in [2.75, 3.05) is 18.5 Å². The second-order valence-electron chi connectivity index (χ2n) is 3.40. The van der Waals surface area contributed by atoms with Gasteiger partial charge in [0.1, 0.15) is 5.82 Å². The average molecular weight is 288 g/mol. The third kappa shape index (κ3) is 3.43. The monoisotopic (exact) mass is 287 g/mol. The number of anilines is 1. The van der Waals surface area contributed by atoms with Crippen LogP contribution in [0.4, 0.5) is 5.82 Å². The number of halogens is 1. The third-order valence-corrected chi connectivity index (χ3v) is 3.30. The van der Waals surface area contributed by atoms with Gasteiger partial charge in [-0.3, -0.25) is 0 Å². The fourth-order valence-electron chi connectivity index (χ4n) is 1.18. The van der Waals surface area contributed by atoms with Crippen molar-refractivity contribution in [1.82, 2.24) is 4.98 Å². The van der Waals surface area contributed by atoms with Crippen molar-refractivity contribution in [1.29, 1.82) is 0 Å². The van der Waals surface area contributed by atoms with Crippen molar-refractivity contribution < 1.29 is 0 Å². The zero-order valence-corrected chi connectivity index (χ0v) is 11.2. The highest BCUT2D eigenvalue weighted by Crippen LogP contribution is 2.25. The molecule has 5 heteroatoms. The molecule has 0 saturated carbocycles. The summed E-state index contributed by atoms with van der Waals surface area (Å²) in [6.45, 7) is 2.82. The van der Waals surface area contributed by atoms with Gasteiger partial charge < -0.3 is 10.6 Å². The van der Waals surface area contributed by atoms with E-state index in [2.05, 4.69) is 20.9 Å². The second kappa shape index (κ2) is 5.42. The van der Waals surface area contributed by atoms with E-state index >= 15 is 0 Å². The predicted molar refractivity (Wildman–Crippen MR) is 71.3 cm³/mol. The van der Waals surface area contributed by atoms with Crippen LogP contribution in [0, 0.1) is 6.92 Å². The average Bonchev–Trinajstić information content (AvgIpc) is 2.18. The molecule has 0 aliphatic carbocycles. The first-order valence-electron chi connectivity index (χ1n) is 4.63. The maximum atomic E-state index is 5.46. The van der Waals surface area contributed by atoms with E-state index in [9.17, 15) is 0 Å². The van der Waals surface area contributed by atoms with Crippen molar-refractivity contribution in [3.63, 3.8) is 0 Å². The lowest BCUT2D eigenvalue weighted by Crippen LogP contribution is -2.24. The molecule has 0 atom stereocenters. The first kappa shape index (κ1) is 12.4. The van der Waals surface area contributed by atoms with Crippen molar-refractivity contribution in [2.45, 2.75) is 13.3 Å². The maximum Gasteiger partial charge on any atom is 0.142 e. The van der Waals surface area contributed by atoms with E-state index in [1.807, 2.05) is 24.9 Å². The van der Waals surface area contributed by atoms with E-state index in [1.54, 1.807) is 6.20 Å². The van der Waals surface area contributed by atoms with Gasteiger partial charge in [-0.25, -0.2) is 4.98 Å². The molecule has 0 aliphatic rings. The zero-order valence-electron chi connectivity index (χ0n) is 8.83. The molecule has 0 radical (unpaired) electrons. The van der Waals surface area contributed by atoms with Crippen LogP contribution in [-0.4, -0.2) is 23.6 Å². The predicted octanol–water partition coefficient (Wildman–Crippen LogP) is 2.26. The molecule has 0 aliphatic heterocycles. The molecule has 0 bridgehead atoms. The standard InChI is InChI=1S/C10H14BrN3S/c1-7-3-5-13-10(9(7)11)14(2)6-4-8(12)15/h3,5H,4,6H2,1-2H3,(H2,12,15). The van der Waals surface area contributed by atoms with E-state index in [1.165, 1.54) is 5.56 Å². The topological polar surface area (TPSA) is 42.2 Å². The Morgan fingerprint density at radius 1 is 1.67 bits per heavy atom. The van der Waals surface area contributed by atoms with Gasteiger partial charge in [0.05, 0.1) is 9.46 Å². The number of hydrogen-bond acceptors (Lipinski definition) is 3. The van der Waals surface area contributed by atoms with Crippen molar-refractivity contribution in [3.05, 3.63) is 22.3 Å². The van der Waals surface area contributed by atoms with E-state index in [4.69, 9.17) is 18.0 Å². The molecule has 82 valence electrons. The molecule has 0 aromatic carbocycles. The van der Waals surface area contributed by atoms with E-state index in [0.29, 0.717) is 11.4 Å². The molecule has 15 heavy (non-hydrogen) atoms. The Bertz CT molecular complexity index is 368. The van der Waals surface area contributed by atoms with Gasteiger partial charge in [-0.15, -0.1) is 0 Å². The number of nitrogens with two attached hydrogens (primary N) is 1. The van der Waals surface area contributed by atoms with Crippen molar-refractivity contribution in [3.8, 4) is 0 Å². The Kier molecular flexibility index (Phi) is 4.47. The highest BCUT2D eigenvalue weighted by molar-refractivity contribution is 9.10. The smallest absolute Gasteiger partial charge is 0.142 e. The van der Waals surface area contributed by atoms with E-state index in [0.717, 1.165) is 16.8 Å². The lowest BCUT2D eigenvalue weighted by molar-refractivity contribution is 0.893. The van der Waals surface area contributed by atoms with Gasteiger partial charge in [0.25, 0.3) is 0 Å². The van der Waals surface area contributed by atoms with Gasteiger partial charge in [0.15, 0.2) is 0 Å². The number of thiocarbonyl (C=S) groups is 1. The molecule has 0 saturated heterocycles. The Hall–Kier alpha value is -0.680. The molecule has 1 rings (SSSR count). The quantitative estimate of drug-likeness (QED) is 0.863. The molecule has 2 N–H and O–H groups in total. The molecule has 1 aromatic rings. The number of aryl methyl sites for hydroxylation is 1. The van der Waals surface area contributed by atoms with E-state index in [-0.39, 0.29) is 0 Å². The van der Waals surface area contributed by atoms with Gasteiger partial charge in [0.2, 0.25) is 0 Å². The highest BCUT2D eigenvalue weighted by Gasteiger charge is 2.08. The summed E-state index contributed by atoms with van der Waals surface area (Å²) in [5.74, 6) is 0.922. The molecule has 0 unspecified atom stereocenters. The molecular weight excluding hydrogens is 274 g/mol. The number of pyridine rings is 1. The fraction of sp³-hybridized carbons (Fsp3) is 0.400. The van der Waals surface area contributed by atoms with Crippen LogP contribution in [0.3, 0.4) is 0 Å². The van der Waals surface area contributed by atoms with Crippen molar-refractivity contribution in [2.24, 2.45) is 5.73 Å². The molecule has 1 aromatic heterocycles. The Morgan fingerprint density at radius 3 is 2.93 bits per heavy atom. The second-order valence-corrected chi connectivity index (χ2v) is 4.72. The van der Waals surface area contributed by atoms with Gasteiger partial charge in [-0.05, 0) is 34.5 Å². The lowest BCUT2D eigenvalue weighted by atomic mass is 10.3. The summed E-state index contributed by atoms with van der Waals surface area (Å²) in [6, 6.07) is 1.97. The number of hydrogen-bond donors (Lipinski definition) is 1. The summed E-state index contributed by atoms with van der Waals surface area (Å²) in [6.07, 6.45) is 2.50. The van der Waals surface area contributed by atoms with Crippen LogP contribution < -0.4 is 10.6 Å². The molecular formula is C10H14BrN3S. The van der Waals surface area contributed by atoms with Gasteiger partial charge in [-0.2, -0.15) is 0 Å². The van der Waals surface area contributed by atoms with Gasteiger partial charge in [0, 0.05) is 26.2 Å². The highest BCUT2D eigenvalue weighted by atomic mass is 79.9. The fourth-order valence-corrected chi connectivity index (χ4v) is 1.80. The summed E-state index contributed by atoms with van der Waals surface area (Å²) in [7, 11) is 1.98. The SMILES string of the molecule is Cc1ccnc(N(C)CCC(N)=S)c1Br. The van der Waals surface area contributed by atoms with Crippen LogP contribution in [0.15, 0.2) is 16.7 Å². The Morgan fingerprint density at radius 2 is 2.33 bits per heavy atom. The van der Waals surface area contributed by atoms with Gasteiger partial charge in [-0.1, -0.05) is 12.2 Å². The van der Waals surface area contributed by atoms with Crippen LogP contribution >= 0.6 is 28.1 Å². The molecule has 0 amide bonds. The largest absolute Gasteiger partial charge is 0.393 e. The summed E-state index contributed by atoms with van der Waals surface area (Å²) in [5, 5.41) is 0. The maximum absolute atomic E-state index is 5.46. The first-order valence-corrected chi connectivity index (χ1v) is 5.83. The molecule has 0 fully saturated rings. The van der Waals surface area contributed by atoms with Crippen LogP contribution in [0.2, 0.25) is 0 Å². The number of aromatic nitrogens is 1. The number of nitrogens with zero attached hydrogens (tertiary/aromatic N) is 2. The van der Waals surface area contributed by atoms with Gasteiger partial charge >= 0.3 is 0 Å². The Balaban J connectivity index is 2.77.